The first-order valence-electron chi connectivity index (χ1n) is 7.04. The van der Waals surface area contributed by atoms with Crippen molar-refractivity contribution in [2.24, 2.45) is 11.8 Å². The average molecular weight is 298 g/mol. The van der Waals surface area contributed by atoms with Gasteiger partial charge in [0.05, 0.1) is 5.91 Å². The Morgan fingerprint density at radius 1 is 1.05 bits per heavy atom. The molecular formula is C15H28N2P2. The molecule has 0 heterocycles. The van der Waals surface area contributed by atoms with Crippen LogP contribution in [0, 0.1) is 11.8 Å². The monoisotopic (exact) mass is 298 g/mol. The normalized spacial score (nSPS) is 14.1. The van der Waals surface area contributed by atoms with Crippen LogP contribution < -0.4 is 10.6 Å². The molecule has 4 heteroatoms. The summed E-state index contributed by atoms with van der Waals surface area (Å²) in [5.74, 6) is 1.68. The van der Waals surface area contributed by atoms with Gasteiger partial charge >= 0.3 is 0 Å². The summed E-state index contributed by atoms with van der Waals surface area (Å²) in [5, 5.41) is 7.36. The van der Waals surface area contributed by atoms with E-state index >= 15 is 0 Å². The van der Waals surface area contributed by atoms with Crippen LogP contribution in [0.2, 0.25) is 0 Å². The number of rotatable bonds is 8. The van der Waals surface area contributed by atoms with Crippen LogP contribution in [-0.4, -0.2) is 11.9 Å². The summed E-state index contributed by atoms with van der Waals surface area (Å²) in [7, 11) is 3.64. The van der Waals surface area contributed by atoms with Gasteiger partial charge in [-0.1, -0.05) is 66.3 Å². The molecule has 1 aromatic carbocycles. The van der Waals surface area contributed by atoms with E-state index in [2.05, 4.69) is 77.6 Å². The summed E-state index contributed by atoms with van der Waals surface area (Å²) >= 11 is 0. The second-order valence-corrected chi connectivity index (χ2v) is 7.56. The van der Waals surface area contributed by atoms with Gasteiger partial charge in [-0.25, -0.2) is 0 Å². The van der Waals surface area contributed by atoms with Crippen molar-refractivity contribution in [3.05, 3.63) is 35.9 Å². The molecule has 2 N–H and O–H groups in total. The fraction of sp³-hybridized carbons (Fsp3) is 0.600. The molecule has 0 fully saturated rings. The highest BCUT2D eigenvalue weighted by Gasteiger charge is 2.20. The number of hydrogen-bond acceptors (Lipinski definition) is 2. The zero-order valence-electron chi connectivity index (χ0n) is 12.5. The van der Waals surface area contributed by atoms with Gasteiger partial charge < -0.3 is 0 Å². The van der Waals surface area contributed by atoms with Crippen LogP contribution in [0.5, 0.6) is 0 Å². The predicted molar refractivity (Wildman–Crippen MR) is 91.7 cm³/mol. The van der Waals surface area contributed by atoms with E-state index in [-0.39, 0.29) is 0 Å². The van der Waals surface area contributed by atoms with Gasteiger partial charge in [-0.15, -0.1) is 8.93 Å². The molecule has 0 aromatic heterocycles. The summed E-state index contributed by atoms with van der Waals surface area (Å²) in [5.41, 5.74) is 1.34. The lowest BCUT2D eigenvalue weighted by Crippen LogP contribution is -2.48. The number of nitrogens with one attached hydrogen (secondary N) is 2. The minimum absolute atomic E-state index is 0.375. The highest BCUT2D eigenvalue weighted by atomic mass is 32.0. The van der Waals surface area contributed by atoms with Crippen LogP contribution in [0.15, 0.2) is 30.3 Å². The minimum atomic E-state index is 0.375. The second kappa shape index (κ2) is 9.03. The molecule has 0 spiro atoms. The third-order valence-corrected chi connectivity index (χ3v) is 5.02. The molecule has 0 radical (unpaired) electrons. The topological polar surface area (TPSA) is 24.1 Å². The minimum Gasteiger partial charge on any atom is -0.295 e. The first kappa shape index (κ1) is 17.1. The Balaban J connectivity index is 2.49. The first-order valence-corrected chi connectivity index (χ1v) is 9.92. The van der Waals surface area contributed by atoms with Crippen LogP contribution >= 0.6 is 17.2 Å². The highest BCUT2D eigenvalue weighted by Crippen LogP contribution is 2.26. The van der Waals surface area contributed by atoms with E-state index in [1.54, 1.807) is 0 Å². The maximum atomic E-state index is 3.75. The molecule has 0 aliphatic carbocycles. The van der Waals surface area contributed by atoms with Crippen molar-refractivity contribution < 1.29 is 0 Å². The Labute approximate surface area is 122 Å². The summed E-state index contributed by atoms with van der Waals surface area (Å²) in [6, 6.07) is 11.1. The Morgan fingerprint density at radius 3 is 2.11 bits per heavy atom. The maximum Gasteiger partial charge on any atom is 0.0784 e. The van der Waals surface area contributed by atoms with Gasteiger partial charge in [-0.05, 0) is 17.4 Å². The Bertz CT molecular complexity index is 333. The molecule has 108 valence electrons. The smallest absolute Gasteiger partial charge is 0.0784 e. The fourth-order valence-corrected chi connectivity index (χ4v) is 3.48. The molecule has 3 atom stereocenters. The van der Waals surface area contributed by atoms with Gasteiger partial charge in [0.25, 0.3) is 0 Å². The molecule has 19 heavy (non-hydrogen) atoms. The molecule has 0 amide bonds. The largest absolute Gasteiger partial charge is 0.295 e. The van der Waals surface area contributed by atoms with E-state index in [1.807, 2.05) is 0 Å². The van der Waals surface area contributed by atoms with Crippen molar-refractivity contribution in [1.29, 1.82) is 0 Å². The molecule has 0 aliphatic rings. The predicted octanol–water partition coefficient (Wildman–Crippen LogP) is 3.80. The number of benzene rings is 1. The Morgan fingerprint density at radius 2 is 1.63 bits per heavy atom. The first-order chi connectivity index (χ1) is 9.04. The quantitative estimate of drug-likeness (QED) is 0.563. The molecule has 0 aliphatic heterocycles. The molecule has 0 bridgehead atoms. The molecule has 2 nitrogen and oxygen atoms in total. The van der Waals surface area contributed by atoms with Crippen molar-refractivity contribution in [1.82, 2.24) is 10.6 Å². The van der Waals surface area contributed by atoms with Gasteiger partial charge in [-0.2, -0.15) is 0 Å². The van der Waals surface area contributed by atoms with Gasteiger partial charge in [0.15, 0.2) is 0 Å². The molecule has 1 aromatic rings. The zero-order chi connectivity index (χ0) is 14.3. The second-order valence-electron chi connectivity index (χ2n) is 5.65. The SMILES string of the molecule is CC(C)C(NC(NCc1ccccc1)PP)C(C)C. The zero-order valence-corrected chi connectivity index (χ0v) is 14.6. The Hall–Kier alpha value is -0.000000000000000111. The molecule has 0 saturated heterocycles. The maximum absolute atomic E-state index is 3.75. The van der Waals surface area contributed by atoms with E-state index in [0.29, 0.717) is 23.8 Å². The van der Waals surface area contributed by atoms with E-state index in [9.17, 15) is 0 Å². The third kappa shape index (κ3) is 6.32. The van der Waals surface area contributed by atoms with E-state index < -0.39 is 0 Å². The van der Waals surface area contributed by atoms with Crippen LogP contribution in [0.25, 0.3) is 0 Å². The fourth-order valence-electron chi connectivity index (χ4n) is 2.33. The van der Waals surface area contributed by atoms with Crippen LogP contribution in [0.1, 0.15) is 33.3 Å². The lowest BCUT2D eigenvalue weighted by Gasteiger charge is -2.31. The van der Waals surface area contributed by atoms with Crippen molar-refractivity contribution in [3.63, 3.8) is 0 Å². The van der Waals surface area contributed by atoms with Crippen LogP contribution in [0.3, 0.4) is 0 Å². The van der Waals surface area contributed by atoms with Crippen LogP contribution in [-0.2, 0) is 6.54 Å². The molecule has 0 saturated carbocycles. The van der Waals surface area contributed by atoms with Gasteiger partial charge in [0.1, 0.15) is 0 Å². The van der Waals surface area contributed by atoms with E-state index in [0.717, 1.165) is 14.8 Å². The summed E-state index contributed by atoms with van der Waals surface area (Å²) in [4.78, 5) is 0. The summed E-state index contributed by atoms with van der Waals surface area (Å²) < 4.78 is 0. The van der Waals surface area contributed by atoms with E-state index in [1.165, 1.54) is 5.56 Å². The van der Waals surface area contributed by atoms with Crippen molar-refractivity contribution in [2.75, 3.05) is 0 Å². The number of hydrogen-bond donors (Lipinski definition) is 2. The third-order valence-electron chi connectivity index (χ3n) is 3.32. The Kier molecular flexibility index (Phi) is 8.11. The van der Waals surface area contributed by atoms with E-state index in [4.69, 9.17) is 0 Å². The van der Waals surface area contributed by atoms with Crippen molar-refractivity contribution >= 4 is 17.2 Å². The summed E-state index contributed by atoms with van der Waals surface area (Å²) in [6.45, 7) is 10.1. The summed E-state index contributed by atoms with van der Waals surface area (Å²) in [6.07, 6.45) is 0. The standard InChI is InChI=1S/C15H28N2P2/c1-11(2)14(12(3)4)17-15(19-18)16-10-13-8-6-5-7-9-13/h5-9,11-12,14-17,19H,10,18H2,1-4H3. The highest BCUT2D eigenvalue weighted by molar-refractivity contribution is 8.03. The lowest BCUT2D eigenvalue weighted by molar-refractivity contribution is 0.295. The van der Waals surface area contributed by atoms with Gasteiger partial charge in [-0.3, -0.25) is 10.6 Å². The lowest BCUT2D eigenvalue weighted by atomic mass is 9.93. The van der Waals surface area contributed by atoms with Crippen molar-refractivity contribution in [3.8, 4) is 0 Å². The molecular weight excluding hydrogens is 270 g/mol. The van der Waals surface area contributed by atoms with Crippen LogP contribution in [0.4, 0.5) is 0 Å². The van der Waals surface area contributed by atoms with Gasteiger partial charge in [0.2, 0.25) is 0 Å². The average Bonchev–Trinajstić information content (AvgIpc) is 2.39. The molecule has 3 unspecified atom stereocenters. The van der Waals surface area contributed by atoms with Crippen molar-refractivity contribution in [2.45, 2.75) is 46.2 Å². The molecule has 1 rings (SSSR count). The van der Waals surface area contributed by atoms with Gasteiger partial charge in [0, 0.05) is 12.6 Å².